The molecule has 0 aliphatic carbocycles. The fraction of sp³-hybridized carbons (Fsp3) is 0.357. The maximum Gasteiger partial charge on any atom is 0.137 e. The number of imidazole rings is 1. The van der Waals surface area contributed by atoms with Crippen molar-refractivity contribution in [3.63, 3.8) is 0 Å². The predicted octanol–water partition coefficient (Wildman–Crippen LogP) is 3.82. The number of benzene rings is 1. The molecule has 2 rings (SSSR count). The maximum absolute atomic E-state index is 13.3. The van der Waals surface area contributed by atoms with E-state index in [0.717, 1.165) is 17.8 Å². The third kappa shape index (κ3) is 3.22. The largest absolute Gasteiger partial charge is 0.323 e. The highest BCUT2D eigenvalue weighted by molar-refractivity contribution is 9.10. The van der Waals surface area contributed by atoms with E-state index in [2.05, 4.69) is 34.8 Å². The summed E-state index contributed by atoms with van der Waals surface area (Å²) in [4.78, 5) is 4.15. The Kier molecular flexibility index (Phi) is 4.37. The zero-order chi connectivity index (χ0) is 14.0. The maximum atomic E-state index is 13.3. The first-order chi connectivity index (χ1) is 8.99. The van der Waals surface area contributed by atoms with Gasteiger partial charge in [-0.3, -0.25) is 0 Å². The topological polar surface area (TPSA) is 43.8 Å². The van der Waals surface area contributed by atoms with E-state index in [-0.39, 0.29) is 11.9 Å². The van der Waals surface area contributed by atoms with Crippen LogP contribution in [-0.4, -0.2) is 9.55 Å². The second-order valence-electron chi connectivity index (χ2n) is 5.02. The lowest BCUT2D eigenvalue weighted by Crippen LogP contribution is -2.16. The smallest absolute Gasteiger partial charge is 0.137 e. The minimum absolute atomic E-state index is 0.0775. The van der Waals surface area contributed by atoms with Crippen LogP contribution in [0.15, 0.2) is 35.2 Å². The van der Waals surface area contributed by atoms with Gasteiger partial charge in [0.1, 0.15) is 5.82 Å². The molecule has 0 bridgehead atoms. The molecule has 0 spiro atoms. The molecule has 1 aromatic heterocycles. The zero-order valence-corrected chi connectivity index (χ0v) is 12.6. The van der Waals surface area contributed by atoms with Crippen LogP contribution in [0.4, 0.5) is 4.39 Å². The molecular formula is C14H17BrFN3. The number of hydrogen-bond donors (Lipinski definition) is 1. The summed E-state index contributed by atoms with van der Waals surface area (Å²) in [5, 5.41) is 0. The SMILES string of the molecule is CC(C)CC(N)c1cncn1-c1ccc(F)c(Br)c1. The molecule has 5 heteroatoms. The Hall–Kier alpha value is -1.20. The lowest BCUT2D eigenvalue weighted by molar-refractivity contribution is 0.498. The van der Waals surface area contributed by atoms with Crippen LogP contribution in [0.25, 0.3) is 5.69 Å². The highest BCUT2D eigenvalue weighted by Gasteiger charge is 2.14. The summed E-state index contributed by atoms with van der Waals surface area (Å²) in [5.74, 6) is 0.232. The molecule has 1 heterocycles. The van der Waals surface area contributed by atoms with Crippen LogP contribution < -0.4 is 5.73 Å². The number of hydrogen-bond acceptors (Lipinski definition) is 2. The normalized spacial score (nSPS) is 12.9. The molecule has 3 nitrogen and oxygen atoms in total. The first-order valence-electron chi connectivity index (χ1n) is 6.22. The van der Waals surface area contributed by atoms with Crippen molar-refractivity contribution < 1.29 is 4.39 Å². The molecule has 0 saturated heterocycles. The van der Waals surface area contributed by atoms with E-state index in [1.165, 1.54) is 6.07 Å². The first-order valence-corrected chi connectivity index (χ1v) is 7.01. The number of nitrogens with two attached hydrogens (primary N) is 1. The van der Waals surface area contributed by atoms with E-state index in [1.807, 2.05) is 4.57 Å². The van der Waals surface area contributed by atoms with Gasteiger partial charge in [-0.15, -0.1) is 0 Å². The standard InChI is InChI=1S/C14H17BrFN3/c1-9(2)5-13(17)14-7-18-8-19(14)10-3-4-12(16)11(15)6-10/h3-4,6-9,13H,5,17H2,1-2H3. The summed E-state index contributed by atoms with van der Waals surface area (Å²) in [6.45, 7) is 4.27. The Bertz CT molecular complexity index is 566. The third-order valence-corrected chi connectivity index (χ3v) is 3.56. The molecule has 0 aliphatic rings. The molecule has 19 heavy (non-hydrogen) atoms. The van der Waals surface area contributed by atoms with Crippen LogP contribution in [0.5, 0.6) is 0 Å². The molecule has 0 aliphatic heterocycles. The monoisotopic (exact) mass is 325 g/mol. The summed E-state index contributed by atoms with van der Waals surface area (Å²) in [6.07, 6.45) is 4.35. The molecular weight excluding hydrogens is 309 g/mol. The second-order valence-corrected chi connectivity index (χ2v) is 5.88. The van der Waals surface area contributed by atoms with Crippen molar-refractivity contribution >= 4 is 15.9 Å². The van der Waals surface area contributed by atoms with Crippen molar-refractivity contribution in [3.8, 4) is 5.69 Å². The summed E-state index contributed by atoms with van der Waals surface area (Å²) in [7, 11) is 0. The van der Waals surface area contributed by atoms with Crippen molar-refractivity contribution in [2.75, 3.05) is 0 Å². The van der Waals surface area contributed by atoms with Gasteiger partial charge >= 0.3 is 0 Å². The van der Waals surface area contributed by atoms with Gasteiger partial charge in [-0.05, 0) is 46.5 Å². The zero-order valence-electron chi connectivity index (χ0n) is 11.0. The van der Waals surface area contributed by atoms with E-state index >= 15 is 0 Å². The first kappa shape index (κ1) is 14.2. The van der Waals surface area contributed by atoms with Crippen LogP contribution in [-0.2, 0) is 0 Å². The van der Waals surface area contributed by atoms with Gasteiger partial charge in [-0.1, -0.05) is 13.8 Å². The van der Waals surface area contributed by atoms with Gasteiger partial charge in [0.2, 0.25) is 0 Å². The molecule has 0 radical (unpaired) electrons. The van der Waals surface area contributed by atoms with Crippen LogP contribution >= 0.6 is 15.9 Å². The number of aromatic nitrogens is 2. The lowest BCUT2D eigenvalue weighted by atomic mass is 10.0. The number of rotatable bonds is 4. The molecule has 0 fully saturated rings. The van der Waals surface area contributed by atoms with Crippen molar-refractivity contribution in [2.24, 2.45) is 11.7 Å². The Morgan fingerprint density at radius 3 is 2.79 bits per heavy atom. The Morgan fingerprint density at radius 2 is 2.16 bits per heavy atom. The minimum Gasteiger partial charge on any atom is -0.323 e. The molecule has 1 aromatic carbocycles. The van der Waals surface area contributed by atoms with Gasteiger partial charge in [0, 0.05) is 11.7 Å². The van der Waals surface area contributed by atoms with E-state index in [4.69, 9.17) is 5.73 Å². The molecule has 102 valence electrons. The third-order valence-electron chi connectivity index (χ3n) is 2.95. The summed E-state index contributed by atoms with van der Waals surface area (Å²) in [5.41, 5.74) is 7.98. The number of nitrogens with zero attached hydrogens (tertiary/aromatic N) is 2. The van der Waals surface area contributed by atoms with Gasteiger partial charge in [0.05, 0.1) is 22.7 Å². The average Bonchev–Trinajstić information content (AvgIpc) is 2.81. The van der Waals surface area contributed by atoms with E-state index < -0.39 is 0 Å². The molecule has 2 aromatic rings. The molecule has 1 atom stereocenters. The predicted molar refractivity (Wildman–Crippen MR) is 77.6 cm³/mol. The Balaban J connectivity index is 2.35. The van der Waals surface area contributed by atoms with Crippen LogP contribution in [0.1, 0.15) is 32.0 Å². The molecule has 2 N–H and O–H groups in total. The van der Waals surface area contributed by atoms with E-state index in [9.17, 15) is 4.39 Å². The summed E-state index contributed by atoms with van der Waals surface area (Å²) >= 11 is 3.19. The van der Waals surface area contributed by atoms with Crippen LogP contribution in [0.3, 0.4) is 0 Å². The number of halogens is 2. The minimum atomic E-state index is -0.281. The average molecular weight is 326 g/mol. The highest BCUT2D eigenvalue weighted by atomic mass is 79.9. The van der Waals surface area contributed by atoms with Crippen molar-refractivity contribution in [1.29, 1.82) is 0 Å². The van der Waals surface area contributed by atoms with Crippen LogP contribution in [0, 0.1) is 11.7 Å². The van der Waals surface area contributed by atoms with Gasteiger partial charge in [-0.2, -0.15) is 0 Å². The van der Waals surface area contributed by atoms with Gasteiger partial charge in [-0.25, -0.2) is 9.37 Å². The molecule has 0 amide bonds. The van der Waals surface area contributed by atoms with Crippen molar-refractivity contribution in [2.45, 2.75) is 26.3 Å². The highest BCUT2D eigenvalue weighted by Crippen LogP contribution is 2.24. The Labute approximate surface area is 120 Å². The van der Waals surface area contributed by atoms with Gasteiger partial charge in [0.15, 0.2) is 0 Å². The van der Waals surface area contributed by atoms with Crippen LogP contribution in [0.2, 0.25) is 0 Å². The molecule has 0 saturated carbocycles. The fourth-order valence-electron chi connectivity index (χ4n) is 2.06. The lowest BCUT2D eigenvalue weighted by Gasteiger charge is -2.16. The van der Waals surface area contributed by atoms with Gasteiger partial charge in [0.25, 0.3) is 0 Å². The quantitative estimate of drug-likeness (QED) is 0.928. The van der Waals surface area contributed by atoms with Crippen molar-refractivity contribution in [3.05, 3.63) is 46.7 Å². The Morgan fingerprint density at radius 1 is 1.42 bits per heavy atom. The summed E-state index contributed by atoms with van der Waals surface area (Å²) < 4.78 is 15.6. The van der Waals surface area contributed by atoms with Crippen molar-refractivity contribution in [1.82, 2.24) is 9.55 Å². The summed E-state index contributed by atoms with van der Waals surface area (Å²) in [6, 6.07) is 4.79. The fourth-order valence-corrected chi connectivity index (χ4v) is 2.43. The second kappa shape index (κ2) is 5.84. The van der Waals surface area contributed by atoms with E-state index in [0.29, 0.717) is 10.4 Å². The molecule has 1 unspecified atom stereocenters. The van der Waals surface area contributed by atoms with E-state index in [1.54, 1.807) is 24.7 Å². The van der Waals surface area contributed by atoms with Gasteiger partial charge < -0.3 is 10.3 Å².